The summed E-state index contributed by atoms with van der Waals surface area (Å²) in [6, 6.07) is 9.39. The lowest BCUT2D eigenvalue weighted by Gasteiger charge is -2.26. The fraction of sp³-hybridized carbons (Fsp3) is 0.476. The first kappa shape index (κ1) is 22.3. The summed E-state index contributed by atoms with van der Waals surface area (Å²) < 4.78 is 1.33. The summed E-state index contributed by atoms with van der Waals surface area (Å²) in [6.07, 6.45) is 1.60. The molecule has 0 aliphatic carbocycles. The van der Waals surface area contributed by atoms with Crippen molar-refractivity contribution < 1.29 is 4.79 Å². The molecule has 0 radical (unpaired) electrons. The predicted molar refractivity (Wildman–Crippen MR) is 116 cm³/mol. The minimum atomic E-state index is -0.580. The van der Waals surface area contributed by atoms with E-state index in [2.05, 4.69) is 24.1 Å². The second-order valence-electron chi connectivity index (χ2n) is 7.52. The Morgan fingerprint density at radius 1 is 1.24 bits per heavy atom. The Labute approximate surface area is 170 Å². The Kier molecular flexibility index (Phi) is 8.06. The maximum Gasteiger partial charge on any atom is 0.330 e. The van der Waals surface area contributed by atoms with Gasteiger partial charge in [-0.1, -0.05) is 51.1 Å². The van der Waals surface area contributed by atoms with Crippen LogP contribution >= 0.6 is 0 Å². The molecule has 0 spiro atoms. The summed E-state index contributed by atoms with van der Waals surface area (Å²) in [5.74, 6) is 0.261. The molecule has 1 heterocycles. The highest BCUT2D eigenvalue weighted by Gasteiger charge is 2.21. The average Bonchev–Trinajstić information content (AvgIpc) is 2.68. The summed E-state index contributed by atoms with van der Waals surface area (Å²) in [4.78, 5) is 41.4. The van der Waals surface area contributed by atoms with Crippen LogP contribution in [0.25, 0.3) is 0 Å². The third-order valence-corrected chi connectivity index (χ3v) is 4.60. The third-order valence-electron chi connectivity index (χ3n) is 4.60. The molecule has 0 bridgehead atoms. The molecule has 0 unspecified atom stereocenters. The standard InChI is InChI=1S/C21H31N5O3/c1-4-11-23-17(27)14-25(12-10-15(2)3)18-19(22)26(21(29)24-20(18)28)13-16-8-6-5-7-9-16/h5-9,15H,4,10-14,22H2,1-3H3,(H,23,27)(H,24,28,29). The van der Waals surface area contributed by atoms with Gasteiger partial charge in [-0.05, 0) is 24.3 Å². The molecule has 4 N–H and O–H groups in total. The molecule has 29 heavy (non-hydrogen) atoms. The van der Waals surface area contributed by atoms with Gasteiger partial charge in [0.1, 0.15) is 11.5 Å². The molecule has 0 aliphatic heterocycles. The van der Waals surface area contributed by atoms with Crippen LogP contribution in [0.4, 0.5) is 11.5 Å². The fourth-order valence-corrected chi connectivity index (χ4v) is 2.98. The van der Waals surface area contributed by atoms with Gasteiger partial charge in [0.2, 0.25) is 5.91 Å². The minimum absolute atomic E-state index is 0.00351. The van der Waals surface area contributed by atoms with Crippen molar-refractivity contribution in [1.82, 2.24) is 14.9 Å². The van der Waals surface area contributed by atoms with Crippen molar-refractivity contribution in [2.45, 2.75) is 40.2 Å². The van der Waals surface area contributed by atoms with Crippen LogP contribution in [-0.2, 0) is 11.3 Å². The van der Waals surface area contributed by atoms with Crippen molar-refractivity contribution in [2.75, 3.05) is 30.3 Å². The Hall–Kier alpha value is -3.03. The number of carbonyl (C=O) groups is 1. The largest absolute Gasteiger partial charge is 0.383 e. The number of aromatic amines is 1. The topological polar surface area (TPSA) is 113 Å². The molecule has 8 heteroatoms. The normalized spacial score (nSPS) is 10.9. The molecule has 1 amide bonds. The van der Waals surface area contributed by atoms with E-state index in [1.807, 2.05) is 37.3 Å². The molecule has 0 atom stereocenters. The molecular formula is C21H31N5O3. The highest BCUT2D eigenvalue weighted by Crippen LogP contribution is 2.19. The zero-order valence-corrected chi connectivity index (χ0v) is 17.4. The highest BCUT2D eigenvalue weighted by atomic mass is 16.2. The zero-order chi connectivity index (χ0) is 21.4. The average molecular weight is 402 g/mol. The summed E-state index contributed by atoms with van der Waals surface area (Å²) in [6.45, 7) is 7.39. The molecule has 0 fully saturated rings. The van der Waals surface area contributed by atoms with Crippen LogP contribution in [0, 0.1) is 5.92 Å². The SMILES string of the molecule is CCCNC(=O)CN(CCC(C)C)c1c(N)n(Cc2ccccc2)c(=O)[nH]c1=O. The number of hydrogen-bond donors (Lipinski definition) is 3. The van der Waals surface area contributed by atoms with E-state index in [9.17, 15) is 14.4 Å². The number of amides is 1. The van der Waals surface area contributed by atoms with Crippen molar-refractivity contribution in [2.24, 2.45) is 5.92 Å². The number of benzene rings is 1. The number of carbonyl (C=O) groups excluding carboxylic acids is 1. The lowest BCUT2D eigenvalue weighted by Crippen LogP contribution is -2.43. The number of hydrogen-bond acceptors (Lipinski definition) is 5. The van der Waals surface area contributed by atoms with Gasteiger partial charge >= 0.3 is 5.69 Å². The van der Waals surface area contributed by atoms with E-state index in [0.717, 1.165) is 18.4 Å². The van der Waals surface area contributed by atoms with Crippen molar-refractivity contribution >= 4 is 17.4 Å². The smallest absolute Gasteiger partial charge is 0.330 e. The second-order valence-corrected chi connectivity index (χ2v) is 7.52. The molecular weight excluding hydrogens is 370 g/mol. The first-order chi connectivity index (χ1) is 13.8. The van der Waals surface area contributed by atoms with E-state index >= 15 is 0 Å². The lowest BCUT2D eigenvalue weighted by atomic mass is 10.1. The molecule has 2 aromatic rings. The summed E-state index contributed by atoms with van der Waals surface area (Å²) in [5, 5.41) is 2.82. The van der Waals surface area contributed by atoms with Gasteiger partial charge in [0.15, 0.2) is 0 Å². The van der Waals surface area contributed by atoms with E-state index < -0.39 is 11.2 Å². The molecule has 2 rings (SSSR count). The molecule has 0 saturated heterocycles. The minimum Gasteiger partial charge on any atom is -0.383 e. The van der Waals surface area contributed by atoms with Crippen molar-refractivity contribution in [3.05, 3.63) is 56.7 Å². The highest BCUT2D eigenvalue weighted by molar-refractivity contribution is 5.82. The van der Waals surface area contributed by atoms with E-state index in [4.69, 9.17) is 5.73 Å². The van der Waals surface area contributed by atoms with E-state index in [1.165, 1.54) is 4.57 Å². The van der Waals surface area contributed by atoms with Gasteiger partial charge in [0.25, 0.3) is 5.56 Å². The molecule has 0 saturated carbocycles. The van der Waals surface area contributed by atoms with Gasteiger partial charge < -0.3 is 16.0 Å². The molecule has 158 valence electrons. The predicted octanol–water partition coefficient (Wildman–Crippen LogP) is 1.55. The van der Waals surface area contributed by atoms with Crippen molar-refractivity contribution in [3.63, 3.8) is 0 Å². The first-order valence-corrected chi connectivity index (χ1v) is 10.0. The number of H-pyrrole nitrogens is 1. The van der Waals surface area contributed by atoms with Crippen LogP contribution in [0.3, 0.4) is 0 Å². The number of nitrogens with zero attached hydrogens (tertiary/aromatic N) is 2. The molecule has 8 nitrogen and oxygen atoms in total. The summed E-state index contributed by atoms with van der Waals surface area (Å²) >= 11 is 0. The van der Waals surface area contributed by atoms with Crippen LogP contribution in [0.5, 0.6) is 0 Å². The van der Waals surface area contributed by atoms with Crippen molar-refractivity contribution in [3.8, 4) is 0 Å². The van der Waals surface area contributed by atoms with Crippen molar-refractivity contribution in [1.29, 1.82) is 0 Å². The molecule has 1 aromatic carbocycles. The number of nitrogens with two attached hydrogens (primary N) is 1. The van der Waals surface area contributed by atoms with E-state index in [-0.39, 0.29) is 30.5 Å². The van der Waals surface area contributed by atoms with Gasteiger partial charge in [-0.3, -0.25) is 19.1 Å². The van der Waals surface area contributed by atoms with Gasteiger partial charge in [0.05, 0.1) is 13.1 Å². The maximum atomic E-state index is 12.6. The number of nitrogens with one attached hydrogen (secondary N) is 2. The van der Waals surface area contributed by atoms with Crippen LogP contribution in [0.15, 0.2) is 39.9 Å². The summed E-state index contributed by atoms with van der Waals surface area (Å²) in [5.41, 5.74) is 6.18. The van der Waals surface area contributed by atoms with Gasteiger partial charge in [-0.25, -0.2) is 4.79 Å². The van der Waals surface area contributed by atoms with Crippen LogP contribution in [0.1, 0.15) is 39.2 Å². The lowest BCUT2D eigenvalue weighted by molar-refractivity contribution is -0.119. The van der Waals surface area contributed by atoms with Crippen LogP contribution < -0.4 is 27.2 Å². The third kappa shape index (κ3) is 6.23. The number of aromatic nitrogens is 2. The number of anilines is 2. The van der Waals surface area contributed by atoms with E-state index in [1.54, 1.807) is 4.90 Å². The number of rotatable bonds is 10. The van der Waals surface area contributed by atoms with E-state index in [0.29, 0.717) is 19.0 Å². The second kappa shape index (κ2) is 10.5. The van der Waals surface area contributed by atoms with Crippen LogP contribution in [-0.4, -0.2) is 35.1 Å². The molecule has 1 aromatic heterocycles. The quantitative estimate of drug-likeness (QED) is 0.559. The first-order valence-electron chi connectivity index (χ1n) is 10.0. The Balaban J connectivity index is 2.42. The maximum absolute atomic E-state index is 12.6. The summed E-state index contributed by atoms with van der Waals surface area (Å²) in [7, 11) is 0. The van der Waals surface area contributed by atoms with Gasteiger partial charge in [-0.15, -0.1) is 0 Å². The Morgan fingerprint density at radius 3 is 2.55 bits per heavy atom. The van der Waals surface area contributed by atoms with Gasteiger partial charge in [0, 0.05) is 13.1 Å². The Morgan fingerprint density at radius 2 is 1.93 bits per heavy atom. The zero-order valence-electron chi connectivity index (χ0n) is 17.4. The van der Waals surface area contributed by atoms with Crippen LogP contribution in [0.2, 0.25) is 0 Å². The molecule has 0 aliphatic rings. The number of nitrogen functional groups attached to an aromatic ring is 1. The monoisotopic (exact) mass is 401 g/mol. The van der Waals surface area contributed by atoms with Gasteiger partial charge in [-0.2, -0.15) is 0 Å². The Bertz CT molecular complexity index is 918. The fourth-order valence-electron chi connectivity index (χ4n) is 2.98.